The Bertz CT molecular complexity index is 740. The Balaban J connectivity index is 1.85. The number of alkyl halides is 1. The van der Waals surface area contributed by atoms with Crippen LogP contribution in [0.3, 0.4) is 0 Å². The lowest BCUT2D eigenvalue weighted by atomic mass is 10.2. The highest BCUT2D eigenvalue weighted by Gasteiger charge is 2.17. The van der Waals surface area contributed by atoms with E-state index in [0.717, 1.165) is 11.1 Å². The maximum Gasteiger partial charge on any atom is 0.341 e. The van der Waals surface area contributed by atoms with E-state index in [1.54, 1.807) is 18.5 Å². The van der Waals surface area contributed by atoms with Crippen LogP contribution in [0.2, 0.25) is 0 Å². The minimum atomic E-state index is -0.481. The number of carbonyl (C=O) groups excluding carboxylic acids is 1. The number of imidazole rings is 1. The molecule has 0 spiro atoms. The van der Waals surface area contributed by atoms with Crippen LogP contribution in [0, 0.1) is 0 Å². The monoisotopic (exact) mass is 330 g/mol. The number of halogens is 1. The van der Waals surface area contributed by atoms with Crippen LogP contribution in [0.15, 0.2) is 54.9 Å². The summed E-state index contributed by atoms with van der Waals surface area (Å²) in [4.78, 5) is 19.4. The largest absolute Gasteiger partial charge is 0.442 e. The van der Waals surface area contributed by atoms with Crippen LogP contribution in [0.4, 0.5) is 0 Å². The van der Waals surface area contributed by atoms with Gasteiger partial charge in [0.1, 0.15) is 5.52 Å². The number of benzene rings is 2. The Morgan fingerprint density at radius 2 is 1.95 bits per heavy atom. The van der Waals surface area contributed by atoms with Gasteiger partial charge >= 0.3 is 5.97 Å². The molecule has 1 aromatic heterocycles. The molecule has 20 heavy (non-hydrogen) atoms. The molecule has 3 aromatic rings. The minimum absolute atomic E-state index is 0.409. The van der Waals surface area contributed by atoms with Crippen LogP contribution in [-0.4, -0.2) is 15.9 Å². The number of rotatable bonds is 3. The highest BCUT2D eigenvalue weighted by Crippen LogP contribution is 2.26. The number of para-hydroxylation sites is 1. The Morgan fingerprint density at radius 1 is 1.15 bits per heavy atom. The SMILES string of the molecule is O=C(OC(Br)c1ccccc1)c1cccc2[nH]cnc12. The summed E-state index contributed by atoms with van der Waals surface area (Å²) in [5.74, 6) is -0.409. The van der Waals surface area contributed by atoms with Gasteiger partial charge in [-0.2, -0.15) is 0 Å². The number of nitrogens with one attached hydrogen (secondary N) is 1. The average molecular weight is 331 g/mol. The molecule has 1 heterocycles. The van der Waals surface area contributed by atoms with E-state index in [1.165, 1.54) is 0 Å². The third kappa shape index (κ3) is 2.44. The molecular weight excluding hydrogens is 320 g/mol. The maximum absolute atomic E-state index is 12.2. The van der Waals surface area contributed by atoms with Gasteiger partial charge in [-0.1, -0.05) is 36.4 Å². The fourth-order valence-corrected chi connectivity index (χ4v) is 2.43. The lowest BCUT2D eigenvalue weighted by Crippen LogP contribution is -2.08. The molecule has 0 aliphatic carbocycles. The summed E-state index contributed by atoms with van der Waals surface area (Å²) in [5, 5.41) is -0.481. The van der Waals surface area contributed by atoms with Crippen LogP contribution in [-0.2, 0) is 4.74 Å². The highest BCUT2D eigenvalue weighted by atomic mass is 79.9. The van der Waals surface area contributed by atoms with Crippen LogP contribution in [0.1, 0.15) is 20.9 Å². The predicted molar refractivity (Wildman–Crippen MR) is 79.6 cm³/mol. The third-order valence-corrected chi connectivity index (χ3v) is 3.66. The smallest absolute Gasteiger partial charge is 0.341 e. The van der Waals surface area contributed by atoms with E-state index in [2.05, 4.69) is 25.9 Å². The van der Waals surface area contributed by atoms with E-state index >= 15 is 0 Å². The summed E-state index contributed by atoms with van der Waals surface area (Å²) in [6, 6.07) is 14.8. The van der Waals surface area contributed by atoms with Gasteiger partial charge in [-0.25, -0.2) is 9.78 Å². The molecule has 1 unspecified atom stereocenters. The number of carbonyl (C=O) groups is 1. The van der Waals surface area contributed by atoms with Gasteiger partial charge in [0.25, 0.3) is 0 Å². The lowest BCUT2D eigenvalue weighted by Gasteiger charge is -2.12. The van der Waals surface area contributed by atoms with E-state index in [-0.39, 0.29) is 0 Å². The van der Waals surface area contributed by atoms with E-state index in [1.807, 2.05) is 36.4 Å². The highest BCUT2D eigenvalue weighted by molar-refractivity contribution is 9.09. The van der Waals surface area contributed by atoms with Gasteiger partial charge in [-0.05, 0) is 28.1 Å². The van der Waals surface area contributed by atoms with E-state index in [0.29, 0.717) is 11.1 Å². The van der Waals surface area contributed by atoms with Crippen molar-refractivity contribution in [1.29, 1.82) is 0 Å². The fraction of sp³-hybridized carbons (Fsp3) is 0.0667. The topological polar surface area (TPSA) is 55.0 Å². The molecular formula is C15H11BrN2O2. The average Bonchev–Trinajstić information content (AvgIpc) is 2.96. The molecule has 0 amide bonds. The van der Waals surface area contributed by atoms with E-state index < -0.39 is 11.0 Å². The summed E-state index contributed by atoms with van der Waals surface area (Å²) in [6.07, 6.45) is 1.56. The van der Waals surface area contributed by atoms with Crippen molar-refractivity contribution in [2.24, 2.45) is 0 Å². The summed E-state index contributed by atoms with van der Waals surface area (Å²) < 4.78 is 5.42. The zero-order valence-electron chi connectivity index (χ0n) is 10.4. The summed E-state index contributed by atoms with van der Waals surface area (Å²) in [5.41, 5.74) is 2.76. The number of fused-ring (bicyclic) bond motifs is 1. The molecule has 2 aromatic carbocycles. The van der Waals surface area contributed by atoms with Crippen molar-refractivity contribution in [3.8, 4) is 0 Å². The fourth-order valence-electron chi connectivity index (χ4n) is 1.96. The first kappa shape index (κ1) is 12.9. The Morgan fingerprint density at radius 3 is 2.75 bits per heavy atom. The molecule has 0 saturated carbocycles. The van der Waals surface area contributed by atoms with Gasteiger partial charge in [-0.15, -0.1) is 0 Å². The Hall–Kier alpha value is -2.14. The zero-order chi connectivity index (χ0) is 13.9. The van der Waals surface area contributed by atoms with Gasteiger partial charge in [0.2, 0.25) is 0 Å². The summed E-state index contributed by atoms with van der Waals surface area (Å²) >= 11 is 3.37. The van der Waals surface area contributed by atoms with Crippen LogP contribution in [0.25, 0.3) is 11.0 Å². The Kier molecular flexibility index (Phi) is 3.52. The van der Waals surface area contributed by atoms with Gasteiger partial charge < -0.3 is 9.72 Å². The second kappa shape index (κ2) is 5.46. The number of H-pyrrole nitrogens is 1. The van der Waals surface area contributed by atoms with Crippen molar-refractivity contribution in [3.63, 3.8) is 0 Å². The quantitative estimate of drug-likeness (QED) is 0.586. The minimum Gasteiger partial charge on any atom is -0.442 e. The molecule has 0 aliphatic rings. The molecule has 0 bridgehead atoms. The molecule has 4 nitrogen and oxygen atoms in total. The van der Waals surface area contributed by atoms with Gasteiger partial charge in [0.05, 0.1) is 17.4 Å². The number of ether oxygens (including phenoxy) is 1. The van der Waals surface area contributed by atoms with Gasteiger partial charge in [0.15, 0.2) is 5.01 Å². The molecule has 5 heteroatoms. The molecule has 1 atom stereocenters. The first-order valence-corrected chi connectivity index (χ1v) is 6.99. The number of nitrogens with zero attached hydrogens (tertiary/aromatic N) is 1. The molecule has 3 rings (SSSR count). The van der Waals surface area contributed by atoms with Crippen molar-refractivity contribution in [2.75, 3.05) is 0 Å². The van der Waals surface area contributed by atoms with Crippen molar-refractivity contribution in [3.05, 3.63) is 66.0 Å². The first-order chi connectivity index (χ1) is 9.75. The number of hydrogen-bond donors (Lipinski definition) is 1. The Labute approximate surface area is 123 Å². The van der Waals surface area contributed by atoms with Gasteiger partial charge in [-0.3, -0.25) is 0 Å². The van der Waals surface area contributed by atoms with Crippen LogP contribution in [0.5, 0.6) is 0 Å². The van der Waals surface area contributed by atoms with Crippen molar-refractivity contribution in [2.45, 2.75) is 5.01 Å². The number of hydrogen-bond acceptors (Lipinski definition) is 3. The lowest BCUT2D eigenvalue weighted by molar-refractivity contribution is 0.0469. The number of aromatic nitrogens is 2. The van der Waals surface area contributed by atoms with E-state index in [4.69, 9.17) is 4.74 Å². The molecule has 0 radical (unpaired) electrons. The van der Waals surface area contributed by atoms with Crippen LogP contribution < -0.4 is 0 Å². The van der Waals surface area contributed by atoms with E-state index in [9.17, 15) is 4.79 Å². The second-order valence-electron chi connectivity index (χ2n) is 4.24. The van der Waals surface area contributed by atoms with Crippen molar-refractivity contribution >= 4 is 32.9 Å². The standard InChI is InChI=1S/C15H11BrN2O2/c16-14(10-5-2-1-3-6-10)20-15(19)11-7-4-8-12-13(11)18-9-17-12/h1-9,14H,(H,17,18). The summed E-state index contributed by atoms with van der Waals surface area (Å²) in [6.45, 7) is 0. The predicted octanol–water partition coefficient (Wildman–Crippen LogP) is 3.81. The summed E-state index contributed by atoms with van der Waals surface area (Å²) in [7, 11) is 0. The van der Waals surface area contributed by atoms with Gasteiger partial charge in [0, 0.05) is 5.56 Å². The normalized spacial score (nSPS) is 12.2. The number of esters is 1. The number of aromatic amines is 1. The molecule has 0 aliphatic heterocycles. The first-order valence-electron chi connectivity index (χ1n) is 6.08. The molecule has 1 N–H and O–H groups in total. The molecule has 100 valence electrons. The zero-order valence-corrected chi connectivity index (χ0v) is 12.0. The van der Waals surface area contributed by atoms with Crippen molar-refractivity contribution in [1.82, 2.24) is 9.97 Å². The van der Waals surface area contributed by atoms with Crippen LogP contribution >= 0.6 is 15.9 Å². The maximum atomic E-state index is 12.2. The second-order valence-corrected chi connectivity index (χ2v) is 5.07. The van der Waals surface area contributed by atoms with Crippen molar-refractivity contribution < 1.29 is 9.53 Å². The third-order valence-electron chi connectivity index (χ3n) is 2.94. The molecule has 0 fully saturated rings. The molecule has 0 saturated heterocycles.